The molecule has 1 fully saturated rings. The minimum Gasteiger partial charge on any atom is -0.359 e. The van der Waals surface area contributed by atoms with E-state index in [2.05, 4.69) is 34.6 Å². The van der Waals surface area contributed by atoms with Gasteiger partial charge in [0.15, 0.2) is 11.7 Å². The first-order valence-electron chi connectivity index (χ1n) is 10.9. The summed E-state index contributed by atoms with van der Waals surface area (Å²) in [5.41, 5.74) is 1.02. The van der Waals surface area contributed by atoms with Crippen LogP contribution in [0.2, 0.25) is 0 Å². The molecule has 1 aromatic heterocycles. The van der Waals surface area contributed by atoms with E-state index in [0.29, 0.717) is 24.8 Å². The molecule has 1 aliphatic heterocycles. The van der Waals surface area contributed by atoms with E-state index in [1.807, 2.05) is 17.9 Å². The Labute approximate surface area is 192 Å². The maximum atomic E-state index is 12.1. The first-order chi connectivity index (χ1) is 13.7. The van der Waals surface area contributed by atoms with E-state index < -0.39 is 0 Å². The van der Waals surface area contributed by atoms with Gasteiger partial charge in [-0.05, 0) is 39.0 Å². The van der Waals surface area contributed by atoms with Gasteiger partial charge in [0.25, 0.3) is 0 Å². The van der Waals surface area contributed by atoms with E-state index in [-0.39, 0.29) is 24.0 Å². The third-order valence-electron chi connectivity index (χ3n) is 5.29. The number of halogens is 1. The fraction of sp³-hybridized carbons (Fsp3) is 0.762. The van der Waals surface area contributed by atoms with Gasteiger partial charge in [0, 0.05) is 44.6 Å². The molecule has 29 heavy (non-hydrogen) atoms. The highest BCUT2D eigenvalue weighted by Gasteiger charge is 2.16. The molecule has 2 heterocycles. The first-order valence-corrected chi connectivity index (χ1v) is 10.9. The van der Waals surface area contributed by atoms with Gasteiger partial charge in [0.1, 0.15) is 6.54 Å². The van der Waals surface area contributed by atoms with Crippen molar-refractivity contribution < 1.29 is 9.32 Å². The van der Waals surface area contributed by atoms with Crippen molar-refractivity contribution in [1.29, 1.82) is 0 Å². The maximum Gasteiger partial charge on any atom is 0.222 e. The molecule has 0 aliphatic carbocycles. The number of nitrogens with one attached hydrogen (secondary N) is 2. The number of amides is 1. The molecule has 0 unspecified atom stereocenters. The summed E-state index contributed by atoms with van der Waals surface area (Å²) in [6.07, 6.45) is 7.07. The number of carbonyl (C=O) groups excluding carboxylic acids is 1. The van der Waals surface area contributed by atoms with Gasteiger partial charge in [0.2, 0.25) is 5.91 Å². The lowest BCUT2D eigenvalue weighted by atomic mass is 9.99. The Hall–Kier alpha value is -1.32. The highest BCUT2D eigenvalue weighted by molar-refractivity contribution is 14.0. The van der Waals surface area contributed by atoms with E-state index in [1.54, 1.807) is 0 Å². The van der Waals surface area contributed by atoms with Gasteiger partial charge in [-0.3, -0.25) is 4.79 Å². The molecule has 1 saturated heterocycles. The van der Waals surface area contributed by atoms with E-state index in [4.69, 9.17) is 4.52 Å². The molecule has 0 spiro atoms. The Balaban J connectivity index is 0.00000420. The van der Waals surface area contributed by atoms with Crippen LogP contribution in [0.1, 0.15) is 83.1 Å². The molecule has 1 amide bonds. The van der Waals surface area contributed by atoms with Crippen LogP contribution < -0.4 is 10.6 Å². The standard InChI is InChI=1S/C21H37N5O2.HI/c1-4-17(5-2)19-15-18(28-25-19)16-24-21(22-6-3)23-12-10-14-26-13-9-7-8-11-20(26)27;/h15,17H,4-14,16H2,1-3H3,(H2,22,23,24);1H. The van der Waals surface area contributed by atoms with Crippen LogP contribution in [0.5, 0.6) is 0 Å². The number of guanidine groups is 1. The second kappa shape index (κ2) is 14.6. The summed E-state index contributed by atoms with van der Waals surface area (Å²) in [5, 5.41) is 10.8. The summed E-state index contributed by atoms with van der Waals surface area (Å²) < 4.78 is 5.45. The van der Waals surface area contributed by atoms with Gasteiger partial charge in [-0.2, -0.15) is 0 Å². The number of aliphatic imine (C=N–C) groups is 1. The second-order valence-corrected chi connectivity index (χ2v) is 7.40. The van der Waals surface area contributed by atoms with Crippen molar-refractivity contribution in [2.45, 2.75) is 78.2 Å². The molecule has 0 aromatic carbocycles. The number of hydrogen-bond acceptors (Lipinski definition) is 4. The lowest BCUT2D eigenvalue weighted by Crippen LogP contribution is -2.39. The van der Waals surface area contributed by atoms with Gasteiger partial charge < -0.3 is 20.1 Å². The molecule has 8 heteroatoms. The van der Waals surface area contributed by atoms with Crippen LogP contribution in [0.4, 0.5) is 0 Å². The fourth-order valence-corrected chi connectivity index (χ4v) is 3.55. The predicted octanol–water partition coefficient (Wildman–Crippen LogP) is 4.04. The molecule has 1 aliphatic rings. The van der Waals surface area contributed by atoms with E-state index >= 15 is 0 Å². The zero-order valence-corrected chi connectivity index (χ0v) is 20.5. The normalized spacial score (nSPS) is 15.2. The monoisotopic (exact) mass is 519 g/mol. The summed E-state index contributed by atoms with van der Waals surface area (Å²) in [6, 6.07) is 2.02. The lowest BCUT2D eigenvalue weighted by molar-refractivity contribution is -0.130. The number of carbonyl (C=O) groups is 1. The molecular formula is C21H38IN5O2. The Morgan fingerprint density at radius 3 is 2.76 bits per heavy atom. The van der Waals surface area contributed by atoms with Crippen LogP contribution in [0.3, 0.4) is 0 Å². The average molecular weight is 519 g/mol. The van der Waals surface area contributed by atoms with E-state index in [1.165, 1.54) is 6.42 Å². The molecule has 0 atom stereocenters. The number of hydrogen-bond donors (Lipinski definition) is 2. The van der Waals surface area contributed by atoms with Gasteiger partial charge in [-0.15, -0.1) is 24.0 Å². The molecule has 7 nitrogen and oxygen atoms in total. The molecule has 2 rings (SSSR count). The second-order valence-electron chi connectivity index (χ2n) is 7.40. The summed E-state index contributed by atoms with van der Waals surface area (Å²) >= 11 is 0. The molecule has 0 saturated carbocycles. The molecule has 0 radical (unpaired) electrons. The molecule has 166 valence electrons. The Morgan fingerprint density at radius 2 is 2.03 bits per heavy atom. The zero-order chi connectivity index (χ0) is 20.2. The summed E-state index contributed by atoms with van der Waals surface area (Å²) in [4.78, 5) is 18.7. The smallest absolute Gasteiger partial charge is 0.222 e. The number of rotatable bonds is 10. The number of nitrogens with zero attached hydrogens (tertiary/aromatic N) is 3. The number of aromatic nitrogens is 1. The molecule has 2 N–H and O–H groups in total. The topological polar surface area (TPSA) is 82.8 Å². The zero-order valence-electron chi connectivity index (χ0n) is 18.2. The first kappa shape index (κ1) is 25.7. The largest absolute Gasteiger partial charge is 0.359 e. The molecule has 1 aromatic rings. The van der Waals surface area contributed by atoms with E-state index in [9.17, 15) is 4.79 Å². The summed E-state index contributed by atoms with van der Waals surface area (Å²) in [6.45, 7) is 10.2. The van der Waals surface area contributed by atoms with Crippen molar-refractivity contribution in [1.82, 2.24) is 20.7 Å². The van der Waals surface area contributed by atoms with Gasteiger partial charge in [-0.25, -0.2) is 4.99 Å². The quantitative estimate of drug-likeness (QED) is 0.211. The van der Waals surface area contributed by atoms with Crippen LogP contribution in [0.15, 0.2) is 15.6 Å². The Kier molecular flexibility index (Phi) is 13.0. The van der Waals surface area contributed by atoms with Crippen LogP contribution in [-0.4, -0.2) is 48.1 Å². The molecule has 0 bridgehead atoms. The van der Waals surface area contributed by atoms with E-state index in [0.717, 1.165) is 75.7 Å². The Morgan fingerprint density at radius 1 is 1.24 bits per heavy atom. The minimum absolute atomic E-state index is 0. The van der Waals surface area contributed by atoms with Crippen molar-refractivity contribution >= 4 is 35.8 Å². The van der Waals surface area contributed by atoms with Crippen LogP contribution >= 0.6 is 24.0 Å². The third-order valence-corrected chi connectivity index (χ3v) is 5.29. The van der Waals surface area contributed by atoms with Gasteiger partial charge in [0.05, 0.1) is 5.69 Å². The van der Waals surface area contributed by atoms with Crippen molar-refractivity contribution in [3.8, 4) is 0 Å². The fourth-order valence-electron chi connectivity index (χ4n) is 3.55. The number of likely N-dealkylation sites (tertiary alicyclic amines) is 1. The van der Waals surface area contributed by atoms with Crippen LogP contribution in [0, 0.1) is 0 Å². The highest BCUT2D eigenvalue weighted by atomic mass is 127. The highest BCUT2D eigenvalue weighted by Crippen LogP contribution is 2.22. The SMILES string of the molecule is CCNC(=NCc1cc(C(CC)CC)no1)NCCCN1CCCCCC1=O.I. The minimum atomic E-state index is 0. The van der Waals surface area contributed by atoms with Crippen LogP contribution in [-0.2, 0) is 11.3 Å². The van der Waals surface area contributed by atoms with Crippen molar-refractivity contribution in [3.63, 3.8) is 0 Å². The van der Waals surface area contributed by atoms with Crippen molar-refractivity contribution in [2.24, 2.45) is 4.99 Å². The summed E-state index contributed by atoms with van der Waals surface area (Å²) in [5.74, 6) is 2.31. The van der Waals surface area contributed by atoms with Crippen LogP contribution in [0.25, 0.3) is 0 Å². The van der Waals surface area contributed by atoms with Crippen molar-refractivity contribution in [2.75, 3.05) is 26.2 Å². The predicted molar refractivity (Wildman–Crippen MR) is 128 cm³/mol. The van der Waals surface area contributed by atoms with Crippen molar-refractivity contribution in [3.05, 3.63) is 17.5 Å². The molecular weight excluding hydrogens is 481 g/mol. The summed E-state index contributed by atoms with van der Waals surface area (Å²) in [7, 11) is 0. The third kappa shape index (κ3) is 8.92. The Bertz CT molecular complexity index is 616. The average Bonchev–Trinajstić information content (AvgIpc) is 3.07. The van der Waals surface area contributed by atoms with Gasteiger partial charge in [-0.1, -0.05) is 25.4 Å². The maximum absolute atomic E-state index is 12.1. The van der Waals surface area contributed by atoms with Gasteiger partial charge >= 0.3 is 0 Å². The lowest BCUT2D eigenvalue weighted by Gasteiger charge is -2.20.